The van der Waals surface area contributed by atoms with Crippen molar-refractivity contribution in [3.63, 3.8) is 0 Å². The van der Waals surface area contributed by atoms with Crippen LogP contribution in [0, 0.1) is 17.8 Å². The van der Waals surface area contributed by atoms with Crippen LogP contribution >= 0.6 is 0 Å². The van der Waals surface area contributed by atoms with Gasteiger partial charge in [-0.1, -0.05) is 20.8 Å². The molecule has 0 spiro atoms. The van der Waals surface area contributed by atoms with Gasteiger partial charge in [0.2, 0.25) is 5.75 Å². The molecule has 192 valence electrons. The van der Waals surface area contributed by atoms with E-state index in [0.29, 0.717) is 19.8 Å². The van der Waals surface area contributed by atoms with E-state index in [1.807, 2.05) is 0 Å². The predicted molar refractivity (Wildman–Crippen MR) is 131 cm³/mol. The van der Waals surface area contributed by atoms with Gasteiger partial charge in [0.25, 0.3) is 0 Å². The maximum Gasteiger partial charge on any atom is 0.204 e. The molecule has 0 amide bonds. The second-order valence-electron chi connectivity index (χ2n) is 13.2. The van der Waals surface area contributed by atoms with Crippen molar-refractivity contribution in [3.05, 3.63) is 17.2 Å². The number of hydrogen-bond donors (Lipinski definition) is 0. The van der Waals surface area contributed by atoms with Crippen LogP contribution in [-0.2, 0) is 25.0 Å². The Hall–Kier alpha value is -1.50. The Morgan fingerprint density at radius 3 is 1.57 bits per heavy atom. The summed E-state index contributed by atoms with van der Waals surface area (Å²) in [4.78, 5) is 0. The van der Waals surface area contributed by atoms with E-state index in [1.165, 1.54) is 49.7 Å². The van der Waals surface area contributed by atoms with Crippen molar-refractivity contribution in [3.8, 4) is 17.2 Å². The second-order valence-corrected chi connectivity index (χ2v) is 13.2. The first-order chi connectivity index (χ1) is 16.9. The maximum atomic E-state index is 6.66. The first kappa shape index (κ1) is 22.7. The van der Waals surface area contributed by atoms with E-state index >= 15 is 0 Å². The van der Waals surface area contributed by atoms with Gasteiger partial charge in [0, 0.05) is 11.1 Å². The molecule has 1 aromatic rings. The molecular formula is C29H40O6. The highest BCUT2D eigenvalue weighted by molar-refractivity contribution is 5.64. The number of epoxide rings is 3. The van der Waals surface area contributed by atoms with Crippen LogP contribution in [0.2, 0.25) is 0 Å². The molecule has 8 rings (SSSR count). The largest absolute Gasteiger partial charge is 0.486 e. The monoisotopic (exact) mass is 484 g/mol. The lowest BCUT2D eigenvalue weighted by molar-refractivity contribution is -0.00676. The van der Waals surface area contributed by atoms with E-state index in [0.717, 1.165) is 54.8 Å². The summed E-state index contributed by atoms with van der Waals surface area (Å²) in [6.45, 7) is 10.8. The van der Waals surface area contributed by atoms with Crippen molar-refractivity contribution in [2.24, 2.45) is 17.8 Å². The molecular weight excluding hydrogens is 444 g/mol. The first-order valence-electron chi connectivity index (χ1n) is 13.8. The summed E-state index contributed by atoms with van der Waals surface area (Å²) in [6, 6.07) is 2.44. The molecule has 3 aliphatic heterocycles. The number of hydrogen-bond acceptors (Lipinski definition) is 6. The van der Waals surface area contributed by atoms with Crippen LogP contribution in [0.15, 0.2) is 6.07 Å². The molecule has 35 heavy (non-hydrogen) atoms. The molecule has 0 N–H and O–H groups in total. The number of benzene rings is 1. The van der Waals surface area contributed by atoms with Gasteiger partial charge >= 0.3 is 0 Å². The summed E-state index contributed by atoms with van der Waals surface area (Å²) in [6.07, 6.45) is 8.61. The molecule has 4 aliphatic carbocycles. The molecule has 4 saturated carbocycles. The van der Waals surface area contributed by atoms with Gasteiger partial charge in [-0.25, -0.2) is 0 Å². The highest BCUT2D eigenvalue weighted by Gasteiger charge is 2.53. The lowest BCUT2D eigenvalue weighted by atomic mass is 9.48. The van der Waals surface area contributed by atoms with Gasteiger partial charge in [-0.15, -0.1) is 0 Å². The third-order valence-corrected chi connectivity index (χ3v) is 9.06. The van der Waals surface area contributed by atoms with Gasteiger partial charge in [-0.3, -0.25) is 0 Å². The SMILES string of the molecule is CC(C)(C)c1cc(C23CC4CC(CC(C4)C2)C3)c(OCC2CO2)c(OCC2CO2)c1OCC1CO1. The van der Waals surface area contributed by atoms with Crippen molar-refractivity contribution in [1.29, 1.82) is 0 Å². The van der Waals surface area contributed by atoms with Crippen molar-refractivity contribution in [1.82, 2.24) is 0 Å². The zero-order chi connectivity index (χ0) is 23.8. The van der Waals surface area contributed by atoms with E-state index in [1.54, 1.807) is 0 Å². The number of ether oxygens (including phenoxy) is 6. The van der Waals surface area contributed by atoms with E-state index in [2.05, 4.69) is 26.8 Å². The van der Waals surface area contributed by atoms with Crippen molar-refractivity contribution in [2.45, 2.75) is 88.4 Å². The molecule has 3 saturated heterocycles. The zero-order valence-corrected chi connectivity index (χ0v) is 21.5. The summed E-state index contributed by atoms with van der Waals surface area (Å²) >= 11 is 0. The summed E-state index contributed by atoms with van der Waals surface area (Å²) in [5.41, 5.74) is 2.67. The normalized spacial score (nSPS) is 38.4. The molecule has 0 radical (unpaired) electrons. The summed E-state index contributed by atoms with van der Waals surface area (Å²) in [7, 11) is 0. The van der Waals surface area contributed by atoms with Gasteiger partial charge in [-0.2, -0.15) is 0 Å². The molecule has 0 aromatic heterocycles. The maximum absolute atomic E-state index is 6.66. The third kappa shape index (κ3) is 4.55. The molecule has 1 aromatic carbocycles. The highest BCUT2D eigenvalue weighted by atomic mass is 16.6. The van der Waals surface area contributed by atoms with Gasteiger partial charge in [0.15, 0.2) is 11.5 Å². The van der Waals surface area contributed by atoms with Gasteiger partial charge < -0.3 is 28.4 Å². The average Bonchev–Trinajstić information content (AvgIpc) is 3.66. The van der Waals surface area contributed by atoms with Crippen LogP contribution in [0.4, 0.5) is 0 Å². The van der Waals surface area contributed by atoms with E-state index < -0.39 is 0 Å². The molecule has 6 nitrogen and oxygen atoms in total. The molecule has 7 fully saturated rings. The second kappa shape index (κ2) is 8.26. The Morgan fingerprint density at radius 2 is 1.14 bits per heavy atom. The highest BCUT2D eigenvalue weighted by Crippen LogP contribution is 2.64. The lowest BCUT2D eigenvalue weighted by Crippen LogP contribution is -2.48. The Labute approximate surface area is 208 Å². The zero-order valence-electron chi connectivity index (χ0n) is 21.5. The van der Waals surface area contributed by atoms with Crippen LogP contribution < -0.4 is 14.2 Å². The molecule has 4 bridgehead atoms. The molecule has 3 unspecified atom stereocenters. The fourth-order valence-electron chi connectivity index (χ4n) is 7.45. The van der Waals surface area contributed by atoms with E-state index in [4.69, 9.17) is 28.4 Å². The van der Waals surface area contributed by atoms with Crippen LogP contribution in [-0.4, -0.2) is 58.0 Å². The van der Waals surface area contributed by atoms with Crippen LogP contribution in [0.25, 0.3) is 0 Å². The fourth-order valence-corrected chi connectivity index (χ4v) is 7.45. The van der Waals surface area contributed by atoms with Crippen LogP contribution in [0.1, 0.15) is 70.4 Å². The Bertz CT molecular complexity index is 933. The number of rotatable bonds is 10. The Kier molecular flexibility index (Phi) is 5.35. The third-order valence-electron chi connectivity index (χ3n) is 9.06. The minimum atomic E-state index is -0.0941. The van der Waals surface area contributed by atoms with E-state index in [9.17, 15) is 0 Å². The first-order valence-corrected chi connectivity index (χ1v) is 13.8. The van der Waals surface area contributed by atoms with Crippen LogP contribution in [0.3, 0.4) is 0 Å². The summed E-state index contributed by atoms with van der Waals surface area (Å²) < 4.78 is 36.3. The van der Waals surface area contributed by atoms with E-state index in [-0.39, 0.29) is 29.1 Å². The van der Waals surface area contributed by atoms with Gasteiger partial charge in [0.1, 0.15) is 38.1 Å². The molecule has 6 heteroatoms. The van der Waals surface area contributed by atoms with Crippen molar-refractivity contribution in [2.75, 3.05) is 39.6 Å². The topological polar surface area (TPSA) is 65.3 Å². The lowest BCUT2D eigenvalue weighted by Gasteiger charge is -2.57. The van der Waals surface area contributed by atoms with Crippen molar-refractivity contribution >= 4 is 0 Å². The minimum absolute atomic E-state index is 0.0941. The quantitative estimate of drug-likeness (QED) is 0.445. The van der Waals surface area contributed by atoms with Gasteiger partial charge in [0.05, 0.1) is 19.8 Å². The minimum Gasteiger partial charge on any atom is -0.486 e. The molecule has 7 aliphatic rings. The van der Waals surface area contributed by atoms with Crippen LogP contribution in [0.5, 0.6) is 17.2 Å². The summed E-state index contributed by atoms with van der Waals surface area (Å²) in [5.74, 6) is 5.07. The van der Waals surface area contributed by atoms with Gasteiger partial charge in [-0.05, 0) is 73.2 Å². The summed E-state index contributed by atoms with van der Waals surface area (Å²) in [5, 5.41) is 0. The smallest absolute Gasteiger partial charge is 0.204 e. The average molecular weight is 485 g/mol. The molecule has 3 atom stereocenters. The fraction of sp³-hybridized carbons (Fsp3) is 0.793. The standard InChI is InChI=1S/C29H40O6/c1-28(2,3)23-7-24(29-8-17-4-18(9-29)6-19(5-17)10-29)26(34-15-21-12-31-21)27(35-16-22-13-32-22)25(23)33-14-20-11-30-20/h7,17-22H,4-6,8-16H2,1-3H3. The predicted octanol–water partition coefficient (Wildman–Crippen LogP) is 4.78. The Morgan fingerprint density at radius 1 is 0.714 bits per heavy atom. The molecule has 3 heterocycles. The Balaban J connectivity index is 1.36. The van der Waals surface area contributed by atoms with Crippen molar-refractivity contribution < 1.29 is 28.4 Å².